The Bertz CT molecular complexity index is 710. The van der Waals surface area contributed by atoms with Crippen LogP contribution < -0.4 is 5.32 Å². The molecule has 2 aromatic rings. The van der Waals surface area contributed by atoms with Crippen LogP contribution in [0.4, 0.5) is 0 Å². The van der Waals surface area contributed by atoms with Crippen LogP contribution in [0.5, 0.6) is 0 Å². The summed E-state index contributed by atoms with van der Waals surface area (Å²) in [5, 5.41) is 7.09. The number of rotatable bonds is 3. The van der Waals surface area contributed by atoms with E-state index in [0.29, 0.717) is 18.3 Å². The van der Waals surface area contributed by atoms with Gasteiger partial charge in [-0.1, -0.05) is 47.1 Å². The Kier molecular flexibility index (Phi) is 5.25. The monoisotopic (exact) mass is 325 g/mol. The van der Waals surface area contributed by atoms with E-state index in [0.717, 1.165) is 31.9 Å². The van der Waals surface area contributed by atoms with Gasteiger partial charge in [0.25, 0.3) is 0 Å². The molecule has 0 radical (unpaired) electrons. The van der Waals surface area contributed by atoms with Crippen molar-refractivity contribution in [1.29, 1.82) is 0 Å². The number of likely N-dealkylation sites (tertiary alicyclic amines) is 1. The van der Waals surface area contributed by atoms with E-state index in [1.165, 1.54) is 11.1 Å². The summed E-state index contributed by atoms with van der Waals surface area (Å²) in [6, 6.07) is 10.5. The zero-order chi connectivity index (χ0) is 16.8. The number of guanidine groups is 1. The van der Waals surface area contributed by atoms with Crippen LogP contribution in [0.1, 0.15) is 30.1 Å². The summed E-state index contributed by atoms with van der Waals surface area (Å²) in [7, 11) is 1.80. The van der Waals surface area contributed by atoms with Crippen LogP contribution in [0.25, 0.3) is 6.08 Å². The second kappa shape index (κ2) is 7.77. The number of hydrogen-bond donors (Lipinski definition) is 1. The molecule has 1 aliphatic rings. The molecule has 126 valence electrons. The van der Waals surface area contributed by atoms with Crippen LogP contribution in [0, 0.1) is 6.92 Å². The Morgan fingerprint density at radius 3 is 2.67 bits per heavy atom. The van der Waals surface area contributed by atoms with Crippen molar-refractivity contribution < 1.29 is 4.52 Å². The third-order valence-electron chi connectivity index (χ3n) is 4.05. The van der Waals surface area contributed by atoms with E-state index in [4.69, 9.17) is 4.52 Å². The molecule has 0 unspecified atom stereocenters. The van der Waals surface area contributed by atoms with Crippen molar-refractivity contribution in [2.45, 2.75) is 26.3 Å². The van der Waals surface area contributed by atoms with E-state index >= 15 is 0 Å². The molecule has 0 amide bonds. The molecule has 6 nitrogen and oxygen atoms in total. The molecular weight excluding hydrogens is 302 g/mol. The Morgan fingerprint density at radius 1 is 1.29 bits per heavy atom. The van der Waals surface area contributed by atoms with Crippen molar-refractivity contribution in [1.82, 2.24) is 20.4 Å². The topological polar surface area (TPSA) is 66.5 Å². The lowest BCUT2D eigenvalue weighted by molar-refractivity contribution is 0.354. The van der Waals surface area contributed by atoms with Gasteiger partial charge in [-0.15, -0.1) is 0 Å². The second-order valence-corrected chi connectivity index (χ2v) is 5.84. The predicted octanol–water partition coefficient (Wildman–Crippen LogP) is 2.63. The molecule has 1 aromatic heterocycles. The van der Waals surface area contributed by atoms with Crippen molar-refractivity contribution in [2.24, 2.45) is 4.99 Å². The number of nitrogens with one attached hydrogen (secondary N) is 1. The summed E-state index contributed by atoms with van der Waals surface area (Å²) < 4.78 is 5.12. The third kappa shape index (κ3) is 4.22. The van der Waals surface area contributed by atoms with Crippen LogP contribution in [0.15, 0.2) is 45.4 Å². The largest absolute Gasteiger partial charge is 0.347 e. The molecular formula is C18H23N5O. The maximum atomic E-state index is 5.12. The number of piperidine rings is 1. The van der Waals surface area contributed by atoms with Gasteiger partial charge in [0, 0.05) is 20.1 Å². The Balaban J connectivity index is 1.53. The quantitative estimate of drug-likeness (QED) is 0.694. The highest BCUT2D eigenvalue weighted by Gasteiger charge is 2.17. The van der Waals surface area contributed by atoms with Crippen molar-refractivity contribution in [3.63, 3.8) is 0 Å². The Hall–Kier alpha value is -2.63. The summed E-state index contributed by atoms with van der Waals surface area (Å²) in [4.78, 5) is 10.8. The molecule has 1 aliphatic heterocycles. The molecule has 1 saturated heterocycles. The van der Waals surface area contributed by atoms with Gasteiger partial charge in [0.05, 0.1) is 6.54 Å². The van der Waals surface area contributed by atoms with Gasteiger partial charge in [-0.2, -0.15) is 4.98 Å². The van der Waals surface area contributed by atoms with Gasteiger partial charge < -0.3 is 14.7 Å². The zero-order valence-corrected chi connectivity index (χ0v) is 14.2. The fourth-order valence-electron chi connectivity index (χ4n) is 2.83. The fraction of sp³-hybridized carbons (Fsp3) is 0.389. The molecule has 0 atom stereocenters. The van der Waals surface area contributed by atoms with E-state index < -0.39 is 0 Å². The normalized spacial score (nSPS) is 15.5. The van der Waals surface area contributed by atoms with Crippen molar-refractivity contribution >= 4 is 12.0 Å². The van der Waals surface area contributed by atoms with Crippen LogP contribution >= 0.6 is 0 Å². The number of nitrogens with zero attached hydrogens (tertiary/aromatic N) is 4. The third-order valence-corrected chi connectivity index (χ3v) is 4.05. The lowest BCUT2D eigenvalue weighted by Gasteiger charge is -2.31. The number of hydrogen-bond acceptors (Lipinski definition) is 4. The van der Waals surface area contributed by atoms with Gasteiger partial charge in [-0.05, 0) is 25.3 Å². The molecule has 0 bridgehead atoms. The average Bonchev–Trinajstić information content (AvgIpc) is 3.03. The molecule has 0 spiro atoms. The molecule has 0 aliphatic carbocycles. The minimum atomic E-state index is 0.497. The predicted molar refractivity (Wildman–Crippen MR) is 94.5 cm³/mol. The van der Waals surface area contributed by atoms with Crippen molar-refractivity contribution in [3.8, 4) is 0 Å². The standard InChI is InChI=1S/C18H23N5O/c1-14-21-17(24-22-14)13-20-18(19-2)23-10-8-16(9-11-23)12-15-6-4-3-5-7-15/h3-7,12H,8-11,13H2,1-2H3,(H,19,20). The van der Waals surface area contributed by atoms with Gasteiger partial charge in [0.15, 0.2) is 11.8 Å². The molecule has 24 heavy (non-hydrogen) atoms. The maximum Gasteiger partial charge on any atom is 0.246 e. The molecule has 2 heterocycles. The first-order valence-corrected chi connectivity index (χ1v) is 8.24. The van der Waals surface area contributed by atoms with Crippen molar-refractivity contribution in [2.75, 3.05) is 20.1 Å². The zero-order valence-electron chi connectivity index (χ0n) is 14.2. The first kappa shape index (κ1) is 16.2. The fourth-order valence-corrected chi connectivity index (χ4v) is 2.83. The van der Waals surface area contributed by atoms with Gasteiger partial charge in [-0.25, -0.2) is 0 Å². The summed E-state index contributed by atoms with van der Waals surface area (Å²) >= 11 is 0. The van der Waals surface area contributed by atoms with Crippen LogP contribution in [0.3, 0.4) is 0 Å². The summed E-state index contributed by atoms with van der Waals surface area (Å²) in [6.07, 6.45) is 4.40. The lowest BCUT2D eigenvalue weighted by Crippen LogP contribution is -2.44. The van der Waals surface area contributed by atoms with Gasteiger partial charge in [0.2, 0.25) is 5.89 Å². The van der Waals surface area contributed by atoms with Gasteiger partial charge >= 0.3 is 0 Å². The van der Waals surface area contributed by atoms with Crippen LogP contribution in [-0.2, 0) is 6.54 Å². The Labute approximate surface area is 142 Å². The smallest absolute Gasteiger partial charge is 0.246 e. The highest BCUT2D eigenvalue weighted by molar-refractivity contribution is 5.80. The second-order valence-electron chi connectivity index (χ2n) is 5.84. The minimum absolute atomic E-state index is 0.497. The van der Waals surface area contributed by atoms with E-state index in [9.17, 15) is 0 Å². The van der Waals surface area contributed by atoms with E-state index in [-0.39, 0.29) is 0 Å². The number of aromatic nitrogens is 2. The Morgan fingerprint density at radius 2 is 2.04 bits per heavy atom. The molecule has 1 fully saturated rings. The van der Waals surface area contributed by atoms with Gasteiger partial charge in [0.1, 0.15) is 0 Å². The first-order chi connectivity index (χ1) is 11.7. The van der Waals surface area contributed by atoms with Crippen molar-refractivity contribution in [3.05, 3.63) is 53.2 Å². The lowest BCUT2D eigenvalue weighted by atomic mass is 10.0. The SMILES string of the molecule is CN=C(NCc1nc(C)no1)N1CCC(=Cc2ccccc2)CC1. The van der Waals surface area contributed by atoms with Crippen LogP contribution in [-0.4, -0.2) is 41.1 Å². The van der Waals surface area contributed by atoms with Gasteiger partial charge in [-0.3, -0.25) is 4.99 Å². The molecule has 1 N–H and O–H groups in total. The number of aryl methyl sites for hydroxylation is 1. The van der Waals surface area contributed by atoms with E-state index in [1.807, 2.05) is 13.0 Å². The molecule has 0 saturated carbocycles. The number of benzene rings is 1. The highest BCUT2D eigenvalue weighted by atomic mass is 16.5. The minimum Gasteiger partial charge on any atom is -0.347 e. The molecule has 6 heteroatoms. The first-order valence-electron chi connectivity index (χ1n) is 8.24. The highest BCUT2D eigenvalue weighted by Crippen LogP contribution is 2.19. The van der Waals surface area contributed by atoms with Crippen LogP contribution in [0.2, 0.25) is 0 Å². The summed E-state index contributed by atoms with van der Waals surface area (Å²) in [5.41, 5.74) is 2.76. The average molecular weight is 325 g/mol. The summed E-state index contributed by atoms with van der Waals surface area (Å²) in [6.45, 7) is 4.23. The summed E-state index contributed by atoms with van der Waals surface area (Å²) in [5.74, 6) is 2.11. The molecule has 1 aromatic carbocycles. The number of aliphatic imine (C=N–C) groups is 1. The van der Waals surface area contributed by atoms with E-state index in [2.05, 4.69) is 55.7 Å². The van der Waals surface area contributed by atoms with E-state index in [1.54, 1.807) is 7.05 Å². The molecule has 3 rings (SSSR count). The maximum absolute atomic E-state index is 5.12.